The highest BCUT2D eigenvalue weighted by Gasteiger charge is 2.09. The maximum absolute atomic E-state index is 9.15. The minimum absolute atomic E-state index is 0.537. The van der Waals surface area contributed by atoms with E-state index >= 15 is 0 Å². The van der Waals surface area contributed by atoms with E-state index in [4.69, 9.17) is 10.00 Å². The van der Waals surface area contributed by atoms with Crippen LogP contribution in [0.25, 0.3) is 0 Å². The molecule has 0 aliphatic heterocycles. The lowest BCUT2D eigenvalue weighted by Gasteiger charge is -2.10. The van der Waals surface area contributed by atoms with Crippen LogP contribution in [0.3, 0.4) is 0 Å². The van der Waals surface area contributed by atoms with Crippen LogP contribution in [0.4, 0.5) is 0 Å². The van der Waals surface area contributed by atoms with Crippen molar-refractivity contribution in [2.75, 3.05) is 6.61 Å². The molecule has 1 aromatic carbocycles. The Balaban J connectivity index is 1.93. The molecule has 0 fully saturated rings. The van der Waals surface area contributed by atoms with Gasteiger partial charge in [0.25, 0.3) is 0 Å². The molecule has 0 aliphatic rings. The third kappa shape index (κ3) is 3.58. The van der Waals surface area contributed by atoms with E-state index < -0.39 is 0 Å². The van der Waals surface area contributed by atoms with Gasteiger partial charge in [0, 0.05) is 11.8 Å². The van der Waals surface area contributed by atoms with Gasteiger partial charge in [0.15, 0.2) is 0 Å². The average molecular weight is 266 g/mol. The minimum atomic E-state index is 0.537. The van der Waals surface area contributed by atoms with Crippen molar-refractivity contribution >= 4 is 0 Å². The van der Waals surface area contributed by atoms with E-state index in [9.17, 15) is 0 Å². The summed E-state index contributed by atoms with van der Waals surface area (Å²) in [6, 6.07) is 14.3. The molecule has 0 atom stereocenters. The predicted octanol–water partition coefficient (Wildman–Crippen LogP) is 3.58. The predicted molar refractivity (Wildman–Crippen MR) is 78.7 cm³/mol. The highest BCUT2D eigenvalue weighted by Crippen LogP contribution is 2.21. The van der Waals surface area contributed by atoms with Gasteiger partial charge in [-0.2, -0.15) is 5.26 Å². The molecule has 3 nitrogen and oxygen atoms in total. The normalized spacial score (nSPS) is 10.1. The Labute approximate surface area is 119 Å². The summed E-state index contributed by atoms with van der Waals surface area (Å²) in [5.74, 6) is 0.644. The van der Waals surface area contributed by atoms with Crippen molar-refractivity contribution in [2.45, 2.75) is 26.7 Å². The number of hydrogen-bond acceptors (Lipinski definition) is 3. The van der Waals surface area contributed by atoms with Crippen LogP contribution >= 0.6 is 0 Å². The molecule has 102 valence electrons. The van der Waals surface area contributed by atoms with E-state index in [0.717, 1.165) is 24.2 Å². The summed E-state index contributed by atoms with van der Waals surface area (Å²) >= 11 is 0. The zero-order valence-electron chi connectivity index (χ0n) is 11.9. The van der Waals surface area contributed by atoms with Gasteiger partial charge in [-0.3, -0.25) is 4.98 Å². The van der Waals surface area contributed by atoms with Gasteiger partial charge in [-0.25, -0.2) is 0 Å². The third-order valence-electron chi connectivity index (χ3n) is 3.11. The van der Waals surface area contributed by atoms with Crippen molar-refractivity contribution in [1.82, 2.24) is 4.98 Å². The quantitative estimate of drug-likeness (QED) is 0.777. The average Bonchev–Trinajstić information content (AvgIpc) is 2.44. The second-order valence-electron chi connectivity index (χ2n) is 4.77. The molecule has 2 aromatic rings. The van der Waals surface area contributed by atoms with Crippen LogP contribution in [0.5, 0.6) is 5.75 Å². The molecule has 0 spiro atoms. The molecule has 3 heteroatoms. The smallest absolute Gasteiger partial charge is 0.140 e. The Morgan fingerprint density at radius 3 is 2.65 bits per heavy atom. The third-order valence-corrected chi connectivity index (χ3v) is 3.11. The van der Waals surface area contributed by atoms with Crippen LogP contribution in [-0.4, -0.2) is 11.6 Å². The second kappa shape index (κ2) is 6.72. The standard InChI is InChI=1S/C17H18N2O/c1-13-11-17(16(12-18)14(2)19-13)20-10-6-9-15-7-4-3-5-8-15/h3-5,7-8,11H,6,9-10H2,1-2H3. The number of aromatic nitrogens is 1. The summed E-state index contributed by atoms with van der Waals surface area (Å²) in [6.07, 6.45) is 1.90. The first-order chi connectivity index (χ1) is 9.70. The van der Waals surface area contributed by atoms with Crippen LogP contribution in [0.15, 0.2) is 36.4 Å². The molecule has 0 saturated heterocycles. The Kier molecular flexibility index (Phi) is 4.73. The molecule has 0 bridgehead atoms. The van der Waals surface area contributed by atoms with Crippen molar-refractivity contribution in [3.8, 4) is 11.8 Å². The van der Waals surface area contributed by atoms with Crippen molar-refractivity contribution in [2.24, 2.45) is 0 Å². The van der Waals surface area contributed by atoms with Crippen LogP contribution in [0, 0.1) is 25.2 Å². The van der Waals surface area contributed by atoms with Crippen LogP contribution in [0.1, 0.15) is 28.9 Å². The molecular formula is C17H18N2O. The Hall–Kier alpha value is -2.34. The maximum Gasteiger partial charge on any atom is 0.140 e. The fourth-order valence-corrected chi connectivity index (χ4v) is 2.15. The summed E-state index contributed by atoms with van der Waals surface area (Å²) in [5.41, 5.74) is 3.44. The molecule has 1 aromatic heterocycles. The van der Waals surface area contributed by atoms with Crippen molar-refractivity contribution < 1.29 is 4.74 Å². The van der Waals surface area contributed by atoms with Crippen LogP contribution in [0.2, 0.25) is 0 Å². The number of rotatable bonds is 5. The topological polar surface area (TPSA) is 45.9 Å². The SMILES string of the molecule is Cc1cc(OCCCc2ccccc2)c(C#N)c(C)n1. The minimum Gasteiger partial charge on any atom is -0.492 e. The number of hydrogen-bond donors (Lipinski definition) is 0. The van der Waals surface area contributed by atoms with E-state index in [0.29, 0.717) is 17.9 Å². The fourth-order valence-electron chi connectivity index (χ4n) is 2.15. The van der Waals surface area contributed by atoms with Gasteiger partial charge in [0.1, 0.15) is 17.4 Å². The molecular weight excluding hydrogens is 248 g/mol. The van der Waals surface area contributed by atoms with Crippen LogP contribution < -0.4 is 4.74 Å². The second-order valence-corrected chi connectivity index (χ2v) is 4.77. The first-order valence-electron chi connectivity index (χ1n) is 6.76. The number of nitriles is 1. The number of benzene rings is 1. The van der Waals surface area contributed by atoms with E-state index in [2.05, 4.69) is 23.2 Å². The number of ether oxygens (including phenoxy) is 1. The first-order valence-corrected chi connectivity index (χ1v) is 6.76. The Bertz CT molecular complexity index is 615. The molecule has 0 aliphatic carbocycles. The monoisotopic (exact) mass is 266 g/mol. The lowest BCUT2D eigenvalue weighted by atomic mass is 10.1. The summed E-state index contributed by atoms with van der Waals surface area (Å²) < 4.78 is 5.75. The van der Waals surface area contributed by atoms with Gasteiger partial charge in [0.2, 0.25) is 0 Å². The van der Waals surface area contributed by atoms with Gasteiger partial charge in [-0.05, 0) is 32.3 Å². The first kappa shape index (κ1) is 14.1. The van der Waals surface area contributed by atoms with Gasteiger partial charge in [-0.1, -0.05) is 30.3 Å². The summed E-state index contributed by atoms with van der Waals surface area (Å²) in [6.45, 7) is 4.35. The molecule has 20 heavy (non-hydrogen) atoms. The molecule has 0 saturated carbocycles. The number of aryl methyl sites for hydroxylation is 3. The molecule has 0 radical (unpaired) electrons. The molecule has 0 unspecified atom stereocenters. The van der Waals surface area contributed by atoms with Crippen molar-refractivity contribution in [3.05, 3.63) is 58.9 Å². The van der Waals surface area contributed by atoms with Crippen molar-refractivity contribution in [3.63, 3.8) is 0 Å². The zero-order valence-corrected chi connectivity index (χ0v) is 11.9. The van der Waals surface area contributed by atoms with Gasteiger partial charge in [-0.15, -0.1) is 0 Å². The van der Waals surface area contributed by atoms with Crippen molar-refractivity contribution in [1.29, 1.82) is 5.26 Å². The summed E-state index contributed by atoms with van der Waals surface area (Å²) in [4.78, 5) is 4.28. The van der Waals surface area contributed by atoms with E-state index in [1.165, 1.54) is 5.56 Å². The van der Waals surface area contributed by atoms with E-state index in [1.807, 2.05) is 38.1 Å². The maximum atomic E-state index is 9.15. The highest BCUT2D eigenvalue weighted by atomic mass is 16.5. The van der Waals surface area contributed by atoms with Crippen LogP contribution in [-0.2, 0) is 6.42 Å². The van der Waals surface area contributed by atoms with Gasteiger partial charge in [0.05, 0.1) is 12.3 Å². The zero-order chi connectivity index (χ0) is 14.4. The molecule has 2 rings (SSSR count). The largest absolute Gasteiger partial charge is 0.492 e. The lowest BCUT2D eigenvalue weighted by molar-refractivity contribution is 0.309. The number of pyridine rings is 1. The van der Waals surface area contributed by atoms with Gasteiger partial charge >= 0.3 is 0 Å². The molecule has 0 N–H and O–H groups in total. The highest BCUT2D eigenvalue weighted by molar-refractivity contribution is 5.46. The lowest BCUT2D eigenvalue weighted by Crippen LogP contribution is -2.03. The van der Waals surface area contributed by atoms with E-state index in [1.54, 1.807) is 0 Å². The Morgan fingerprint density at radius 2 is 1.95 bits per heavy atom. The Morgan fingerprint density at radius 1 is 1.20 bits per heavy atom. The summed E-state index contributed by atoms with van der Waals surface area (Å²) in [7, 11) is 0. The molecule has 0 amide bonds. The van der Waals surface area contributed by atoms with E-state index in [-0.39, 0.29) is 0 Å². The molecule has 1 heterocycles. The summed E-state index contributed by atoms with van der Waals surface area (Å²) in [5, 5.41) is 9.15. The number of nitrogens with zero attached hydrogens (tertiary/aromatic N) is 2. The fraction of sp³-hybridized carbons (Fsp3) is 0.294. The van der Waals surface area contributed by atoms with Gasteiger partial charge < -0.3 is 4.74 Å².